The summed E-state index contributed by atoms with van der Waals surface area (Å²) in [7, 11) is 0. The van der Waals surface area contributed by atoms with Gasteiger partial charge in [0.2, 0.25) is 0 Å². The van der Waals surface area contributed by atoms with Gasteiger partial charge in [0.05, 0.1) is 10.6 Å². The molecule has 0 saturated heterocycles. The zero-order valence-electron chi connectivity index (χ0n) is 15.7. The van der Waals surface area contributed by atoms with Crippen molar-refractivity contribution in [2.75, 3.05) is 5.73 Å². The van der Waals surface area contributed by atoms with E-state index in [1.807, 2.05) is 0 Å². The van der Waals surface area contributed by atoms with Gasteiger partial charge in [-0.2, -0.15) is 0 Å². The van der Waals surface area contributed by atoms with Crippen LogP contribution in [0.4, 0.5) is 5.00 Å². The Bertz CT molecular complexity index is 822. The Morgan fingerprint density at radius 2 is 1.75 bits per heavy atom. The summed E-state index contributed by atoms with van der Waals surface area (Å²) in [6.07, 6.45) is 8.84. The van der Waals surface area contributed by atoms with Crippen molar-refractivity contribution in [3.63, 3.8) is 0 Å². The smallest absolute Gasteiger partial charge is 0.274 e. The summed E-state index contributed by atoms with van der Waals surface area (Å²) < 4.78 is 0. The lowest BCUT2D eigenvalue weighted by molar-refractivity contribution is -0.115. The molecule has 5 aliphatic carbocycles. The fourth-order valence-corrected chi connectivity index (χ4v) is 6.85. The molecule has 0 spiro atoms. The van der Waals surface area contributed by atoms with Crippen LogP contribution in [0.15, 0.2) is 10.5 Å². The van der Waals surface area contributed by atoms with Gasteiger partial charge in [0, 0.05) is 22.5 Å². The monoisotopic (exact) mass is 402 g/mol. The average molecular weight is 403 g/mol. The molecule has 5 saturated carbocycles. The van der Waals surface area contributed by atoms with E-state index < -0.39 is 5.91 Å². The maximum Gasteiger partial charge on any atom is 0.274 e. The second kappa shape index (κ2) is 6.47. The molecule has 150 valence electrons. The summed E-state index contributed by atoms with van der Waals surface area (Å²) in [5, 5.41) is 20.7. The average Bonchev–Trinajstić information content (AvgIpc) is 3.34. The van der Waals surface area contributed by atoms with E-state index in [2.05, 4.69) is 15.8 Å². The van der Waals surface area contributed by atoms with Gasteiger partial charge in [-0.15, -0.1) is 11.3 Å². The van der Waals surface area contributed by atoms with Crippen LogP contribution in [-0.2, 0) is 4.79 Å². The molecule has 1 heterocycles. The van der Waals surface area contributed by atoms with E-state index in [0.717, 1.165) is 32.1 Å². The lowest BCUT2D eigenvalue weighted by atomic mass is 9.53. The molecule has 7 nitrogen and oxygen atoms in total. The second-order valence-electron chi connectivity index (χ2n) is 9.24. The van der Waals surface area contributed by atoms with E-state index in [4.69, 9.17) is 5.73 Å². The van der Waals surface area contributed by atoms with Gasteiger partial charge >= 0.3 is 0 Å². The van der Waals surface area contributed by atoms with E-state index in [1.165, 1.54) is 30.6 Å². The van der Waals surface area contributed by atoms with Gasteiger partial charge in [-0.25, -0.2) is 0 Å². The van der Waals surface area contributed by atoms with Crippen LogP contribution in [0, 0.1) is 17.8 Å². The van der Waals surface area contributed by atoms with Crippen LogP contribution in [-0.4, -0.2) is 34.3 Å². The first kappa shape index (κ1) is 18.0. The number of nitrogens with zero attached hydrogens (tertiary/aromatic N) is 1. The van der Waals surface area contributed by atoms with Crippen molar-refractivity contribution in [3.8, 4) is 0 Å². The molecule has 0 unspecified atom stereocenters. The third-order valence-corrected chi connectivity index (χ3v) is 7.76. The maximum atomic E-state index is 13.3. The van der Waals surface area contributed by atoms with Crippen LogP contribution in [0.2, 0.25) is 0 Å². The third-order valence-electron chi connectivity index (χ3n) is 6.95. The van der Waals surface area contributed by atoms with Gasteiger partial charge in [0.25, 0.3) is 11.8 Å². The molecule has 8 heteroatoms. The van der Waals surface area contributed by atoms with Crippen molar-refractivity contribution < 1.29 is 14.8 Å². The van der Waals surface area contributed by atoms with Gasteiger partial charge in [0.1, 0.15) is 0 Å². The zero-order chi connectivity index (χ0) is 19.5. The number of hydrogen-bond donors (Lipinski definition) is 4. The van der Waals surface area contributed by atoms with Crippen LogP contribution in [0.3, 0.4) is 0 Å². The molecule has 28 heavy (non-hydrogen) atoms. The Kier molecular flexibility index (Phi) is 4.15. The summed E-state index contributed by atoms with van der Waals surface area (Å²) in [5.74, 6) is 1.42. The normalized spacial score (nSPS) is 33.7. The van der Waals surface area contributed by atoms with E-state index in [9.17, 15) is 14.8 Å². The van der Waals surface area contributed by atoms with E-state index in [-0.39, 0.29) is 28.8 Å². The van der Waals surface area contributed by atoms with E-state index in [1.54, 1.807) is 5.38 Å². The Morgan fingerprint density at radius 3 is 2.29 bits per heavy atom. The van der Waals surface area contributed by atoms with Crippen molar-refractivity contribution >= 4 is 33.9 Å². The van der Waals surface area contributed by atoms with Crippen molar-refractivity contribution in [2.24, 2.45) is 22.9 Å². The maximum absolute atomic E-state index is 13.3. The first-order valence-electron chi connectivity index (χ1n) is 10.2. The lowest BCUT2D eigenvalue weighted by Gasteiger charge is -2.56. The summed E-state index contributed by atoms with van der Waals surface area (Å²) in [6.45, 7) is 0. The molecule has 5 fully saturated rings. The summed E-state index contributed by atoms with van der Waals surface area (Å²) in [4.78, 5) is 25.7. The molecule has 5 N–H and O–H groups in total. The zero-order valence-corrected chi connectivity index (χ0v) is 16.6. The summed E-state index contributed by atoms with van der Waals surface area (Å²) >= 11 is 1.19. The highest BCUT2D eigenvalue weighted by Crippen LogP contribution is 2.55. The first-order chi connectivity index (χ1) is 13.5. The van der Waals surface area contributed by atoms with Crippen LogP contribution < -0.4 is 16.4 Å². The number of carbonyl (C=O) groups is 2. The van der Waals surface area contributed by atoms with Crippen LogP contribution in [0.25, 0.3) is 0 Å². The van der Waals surface area contributed by atoms with E-state index in [0.29, 0.717) is 28.3 Å². The topological polar surface area (TPSA) is 117 Å². The highest BCUT2D eigenvalue weighted by molar-refractivity contribution is 7.14. The number of hydrogen-bond acceptors (Lipinski definition) is 6. The van der Waals surface area contributed by atoms with Gasteiger partial charge < -0.3 is 21.6 Å². The summed E-state index contributed by atoms with van der Waals surface area (Å²) in [6, 6.07) is 0.129. The molecule has 0 aromatic carbocycles. The standard InChI is InChI=1S/C20H26N4O3S/c21-17-15(14(9-28-17)16(24-27)19(26)22-13-1-2-13)18(25)23-20-6-10-3-11(7-20)5-12(4-10)8-20/h9-13,27H,1-8,21H2,(H,22,26)(H,23,25)/b24-16-. The number of amides is 2. The highest BCUT2D eigenvalue weighted by atomic mass is 32.1. The van der Waals surface area contributed by atoms with E-state index >= 15 is 0 Å². The van der Waals surface area contributed by atoms with Gasteiger partial charge in [-0.3, -0.25) is 9.59 Å². The minimum atomic E-state index is -0.466. The number of anilines is 1. The molecule has 2 amide bonds. The quantitative estimate of drug-likeness (QED) is 0.344. The predicted octanol–water partition coefficient (Wildman–Crippen LogP) is 2.49. The number of rotatable bonds is 5. The van der Waals surface area contributed by atoms with Crippen molar-refractivity contribution in [1.82, 2.24) is 10.6 Å². The Labute approximate surface area is 167 Å². The molecule has 0 atom stereocenters. The summed E-state index contributed by atoms with van der Waals surface area (Å²) in [5.41, 5.74) is 6.39. The lowest BCUT2D eigenvalue weighted by Crippen LogP contribution is -2.60. The number of carbonyl (C=O) groups excluding carboxylic acids is 2. The predicted molar refractivity (Wildman–Crippen MR) is 107 cm³/mol. The minimum absolute atomic E-state index is 0.129. The van der Waals surface area contributed by atoms with Crippen molar-refractivity contribution in [3.05, 3.63) is 16.5 Å². The molecule has 1 aromatic heterocycles. The molecule has 4 bridgehead atoms. The third kappa shape index (κ3) is 3.07. The Morgan fingerprint density at radius 1 is 1.14 bits per heavy atom. The fraction of sp³-hybridized carbons (Fsp3) is 0.650. The van der Waals surface area contributed by atoms with Crippen LogP contribution in [0.5, 0.6) is 0 Å². The van der Waals surface area contributed by atoms with Crippen molar-refractivity contribution in [1.29, 1.82) is 0 Å². The second-order valence-corrected chi connectivity index (χ2v) is 10.1. The number of nitrogen functional groups attached to an aromatic ring is 1. The van der Waals surface area contributed by atoms with Gasteiger partial charge in [0.15, 0.2) is 5.71 Å². The van der Waals surface area contributed by atoms with Crippen LogP contribution >= 0.6 is 11.3 Å². The molecular weight excluding hydrogens is 376 g/mol. The largest absolute Gasteiger partial charge is 0.410 e. The molecule has 0 radical (unpaired) electrons. The van der Waals surface area contributed by atoms with Crippen LogP contribution in [0.1, 0.15) is 67.3 Å². The Hall–Kier alpha value is -2.09. The first-order valence-corrected chi connectivity index (χ1v) is 11.1. The fourth-order valence-electron chi connectivity index (χ4n) is 6.05. The molecule has 1 aromatic rings. The number of nitrogens with one attached hydrogen (secondary N) is 2. The number of thiophene rings is 1. The minimum Gasteiger partial charge on any atom is -0.410 e. The Balaban J connectivity index is 1.39. The SMILES string of the molecule is Nc1scc(/C(=N/O)C(=O)NC2CC2)c1C(=O)NC12CC3CC(CC(C3)C1)C2. The number of nitrogens with two attached hydrogens (primary N) is 1. The highest BCUT2D eigenvalue weighted by Gasteiger charge is 2.51. The van der Waals surface area contributed by atoms with Crippen molar-refractivity contribution in [2.45, 2.75) is 62.9 Å². The molecule has 0 aliphatic heterocycles. The molecular formula is C20H26N4O3S. The number of oxime groups is 1. The van der Waals surface area contributed by atoms with Gasteiger partial charge in [-0.1, -0.05) is 5.16 Å². The molecule has 5 aliphatic rings. The van der Waals surface area contributed by atoms with Gasteiger partial charge in [-0.05, 0) is 69.1 Å². The molecule has 6 rings (SSSR count).